The highest BCUT2D eigenvalue weighted by atomic mass is 19.4. The molecule has 0 saturated carbocycles. The molecule has 0 amide bonds. The largest absolute Gasteiger partial charge is 0.481 e. The van der Waals surface area contributed by atoms with E-state index in [1.165, 1.54) is 24.3 Å². The van der Waals surface area contributed by atoms with Gasteiger partial charge in [-0.3, -0.25) is 9.69 Å². The van der Waals surface area contributed by atoms with Gasteiger partial charge < -0.3 is 5.11 Å². The van der Waals surface area contributed by atoms with Gasteiger partial charge in [-0.05, 0) is 81.0 Å². The Balaban J connectivity index is 0.000000839. The molecule has 2 aromatic rings. The Bertz CT molecular complexity index is 995. The number of carbonyl (C=O) groups is 1. The summed E-state index contributed by atoms with van der Waals surface area (Å²) in [7, 11) is 0. The fraction of sp³-hybridized carbons (Fsp3) is 0.552. The summed E-state index contributed by atoms with van der Waals surface area (Å²) in [5, 5.41) is 9.11. The number of nitrogens with zero attached hydrogens (tertiary/aromatic N) is 1. The topological polar surface area (TPSA) is 40.5 Å². The molecule has 2 aromatic carbocycles. The molecule has 1 heterocycles. The molecule has 39 heavy (non-hydrogen) atoms. The summed E-state index contributed by atoms with van der Waals surface area (Å²) in [5.74, 6) is -1.07. The lowest BCUT2D eigenvalue weighted by atomic mass is 9.84. The summed E-state index contributed by atoms with van der Waals surface area (Å²) >= 11 is 0. The van der Waals surface area contributed by atoms with Gasteiger partial charge in [-0.25, -0.2) is 4.39 Å². The molecular weight excluding hydrogens is 527 g/mol. The Hall–Kier alpha value is -2.62. The molecule has 3 nitrogen and oxygen atoms in total. The van der Waals surface area contributed by atoms with E-state index in [4.69, 9.17) is 5.11 Å². The number of hydrogen-bond acceptors (Lipinski definition) is 2. The molecule has 1 saturated heterocycles. The third kappa shape index (κ3) is 12.0. The first-order valence-electron chi connectivity index (χ1n) is 13.0. The number of carboxylic acid groups (broad SMARTS) is 1. The fourth-order valence-corrected chi connectivity index (χ4v) is 3.98. The van der Waals surface area contributed by atoms with E-state index in [0.29, 0.717) is 43.5 Å². The predicted octanol–water partition coefficient (Wildman–Crippen LogP) is 9.32. The minimum atomic E-state index is -4.46. The lowest BCUT2D eigenvalue weighted by Crippen LogP contribution is -2.37. The highest BCUT2D eigenvalue weighted by molar-refractivity contribution is 5.67. The molecule has 220 valence electrons. The summed E-state index contributed by atoms with van der Waals surface area (Å²) < 4.78 is 89.2. The van der Waals surface area contributed by atoms with Crippen LogP contribution in [0.4, 0.5) is 30.7 Å². The zero-order valence-electron chi connectivity index (χ0n) is 23.0. The highest BCUT2D eigenvalue weighted by Crippen LogP contribution is 2.38. The Morgan fingerprint density at radius 3 is 1.69 bits per heavy atom. The third-order valence-electron chi connectivity index (χ3n) is 6.42. The molecule has 0 radical (unpaired) electrons. The van der Waals surface area contributed by atoms with Crippen molar-refractivity contribution < 1.29 is 40.6 Å². The maximum absolute atomic E-state index is 12.9. The number of piperidine rings is 1. The predicted molar refractivity (Wildman–Crippen MR) is 138 cm³/mol. The molecule has 2 unspecified atom stereocenters. The van der Waals surface area contributed by atoms with Crippen molar-refractivity contribution in [3.05, 3.63) is 70.8 Å². The lowest BCUT2D eigenvalue weighted by molar-refractivity contribution is -0.139. The summed E-state index contributed by atoms with van der Waals surface area (Å²) in [4.78, 5) is 13.1. The number of carboxylic acids is 1. The summed E-state index contributed by atoms with van der Waals surface area (Å²) in [6, 6.07) is 9.19. The number of benzene rings is 2. The Morgan fingerprint density at radius 2 is 1.31 bits per heavy atom. The standard InChI is InChI=1S/C22H21F6NO2.C5H11F.C2H6/c23-21(24,25)17-5-1-14(2-6-17)13-29-10-9-15(12-20(30)31)11-19(29)16-3-7-18(8-4-16)22(26,27)28;1-4-5(2,3)6;1-2/h1-8,15,19H,9-13H2,(H,30,31);4H2,1-3H3;1-2H3. The summed E-state index contributed by atoms with van der Waals surface area (Å²) in [6.07, 6.45) is -7.30. The van der Waals surface area contributed by atoms with E-state index in [-0.39, 0.29) is 18.4 Å². The first-order valence-corrected chi connectivity index (χ1v) is 13.0. The van der Waals surface area contributed by atoms with Gasteiger partial charge in [-0.2, -0.15) is 26.3 Å². The molecule has 1 N–H and O–H groups in total. The van der Waals surface area contributed by atoms with Crippen LogP contribution in [0.15, 0.2) is 48.5 Å². The molecule has 1 aliphatic heterocycles. The Morgan fingerprint density at radius 1 is 0.872 bits per heavy atom. The van der Waals surface area contributed by atoms with Crippen molar-refractivity contribution in [1.82, 2.24) is 4.90 Å². The van der Waals surface area contributed by atoms with Gasteiger partial charge in [0, 0.05) is 19.0 Å². The smallest absolute Gasteiger partial charge is 0.416 e. The van der Waals surface area contributed by atoms with Crippen molar-refractivity contribution in [2.45, 2.75) is 90.9 Å². The first kappa shape index (κ1) is 34.4. The van der Waals surface area contributed by atoms with Gasteiger partial charge in [-0.15, -0.1) is 0 Å². The molecule has 10 heteroatoms. The Labute approximate surface area is 226 Å². The number of aliphatic carboxylic acids is 1. The van der Waals surface area contributed by atoms with Gasteiger partial charge in [0.05, 0.1) is 11.1 Å². The molecule has 2 atom stereocenters. The summed E-state index contributed by atoms with van der Waals surface area (Å²) in [5.41, 5.74) is -1.23. The number of likely N-dealkylation sites (tertiary alicyclic amines) is 1. The monoisotopic (exact) mass is 565 g/mol. The number of halogens is 7. The molecule has 1 aliphatic rings. The van der Waals surface area contributed by atoms with Crippen LogP contribution >= 0.6 is 0 Å². The van der Waals surface area contributed by atoms with Gasteiger partial charge in [0.2, 0.25) is 0 Å². The van der Waals surface area contributed by atoms with Gasteiger partial charge in [-0.1, -0.05) is 45.0 Å². The molecular formula is C29H38F7NO2. The van der Waals surface area contributed by atoms with Gasteiger partial charge in [0.1, 0.15) is 5.67 Å². The molecule has 0 bridgehead atoms. The van der Waals surface area contributed by atoms with Crippen molar-refractivity contribution in [3.8, 4) is 0 Å². The van der Waals surface area contributed by atoms with Crippen LogP contribution in [0.2, 0.25) is 0 Å². The maximum Gasteiger partial charge on any atom is 0.416 e. The number of rotatable bonds is 6. The maximum atomic E-state index is 12.9. The van der Waals surface area contributed by atoms with Crippen LogP contribution in [0.25, 0.3) is 0 Å². The second-order valence-electron chi connectivity index (χ2n) is 9.86. The van der Waals surface area contributed by atoms with Crippen LogP contribution in [0.3, 0.4) is 0 Å². The van der Waals surface area contributed by atoms with E-state index < -0.39 is 35.1 Å². The van der Waals surface area contributed by atoms with Crippen molar-refractivity contribution in [2.24, 2.45) is 5.92 Å². The Kier molecular flexibility index (Phi) is 12.9. The molecule has 0 aliphatic carbocycles. The molecule has 1 fully saturated rings. The van der Waals surface area contributed by atoms with Gasteiger partial charge >= 0.3 is 18.3 Å². The summed E-state index contributed by atoms with van der Waals surface area (Å²) in [6.45, 7) is 9.79. The van der Waals surface area contributed by atoms with Gasteiger partial charge in [0.25, 0.3) is 0 Å². The molecule has 0 aromatic heterocycles. The second-order valence-corrected chi connectivity index (χ2v) is 9.86. The van der Waals surface area contributed by atoms with Crippen LogP contribution in [-0.4, -0.2) is 28.2 Å². The lowest BCUT2D eigenvalue weighted by Gasteiger charge is -2.39. The van der Waals surface area contributed by atoms with E-state index in [2.05, 4.69) is 0 Å². The van der Waals surface area contributed by atoms with Crippen molar-refractivity contribution in [1.29, 1.82) is 0 Å². The second kappa shape index (κ2) is 14.7. The SMILES string of the molecule is CC.CCC(C)(C)F.O=C(O)CC1CCN(Cc2ccc(C(F)(F)F)cc2)C(c2ccc(C(F)(F)F)cc2)C1. The zero-order chi connectivity index (χ0) is 30.0. The van der Waals surface area contributed by atoms with Crippen LogP contribution in [-0.2, 0) is 23.7 Å². The van der Waals surface area contributed by atoms with Crippen LogP contribution in [0.5, 0.6) is 0 Å². The average Bonchev–Trinajstić information content (AvgIpc) is 2.85. The van der Waals surface area contributed by atoms with Crippen LogP contribution in [0.1, 0.15) is 88.6 Å². The van der Waals surface area contributed by atoms with Gasteiger partial charge in [0.15, 0.2) is 0 Å². The van der Waals surface area contributed by atoms with E-state index in [1.807, 2.05) is 25.7 Å². The quantitative estimate of drug-likeness (QED) is 0.355. The zero-order valence-corrected chi connectivity index (χ0v) is 23.0. The minimum absolute atomic E-state index is 0.0365. The van der Waals surface area contributed by atoms with E-state index >= 15 is 0 Å². The normalized spacial score (nSPS) is 18.4. The third-order valence-corrected chi connectivity index (χ3v) is 6.42. The van der Waals surface area contributed by atoms with Crippen LogP contribution < -0.4 is 0 Å². The van der Waals surface area contributed by atoms with Crippen molar-refractivity contribution in [3.63, 3.8) is 0 Å². The molecule has 3 rings (SSSR count). The van der Waals surface area contributed by atoms with Crippen molar-refractivity contribution >= 4 is 5.97 Å². The highest BCUT2D eigenvalue weighted by Gasteiger charge is 2.34. The first-order chi connectivity index (χ1) is 18.0. The van der Waals surface area contributed by atoms with E-state index in [9.17, 15) is 35.5 Å². The minimum Gasteiger partial charge on any atom is -0.481 e. The van der Waals surface area contributed by atoms with Crippen LogP contribution in [0, 0.1) is 5.92 Å². The number of hydrogen-bond donors (Lipinski definition) is 1. The average molecular weight is 566 g/mol. The molecule has 0 spiro atoms. The fourth-order valence-electron chi connectivity index (χ4n) is 3.98. The number of alkyl halides is 7. The van der Waals surface area contributed by atoms with E-state index in [1.54, 1.807) is 13.8 Å². The van der Waals surface area contributed by atoms with E-state index in [0.717, 1.165) is 24.3 Å². The van der Waals surface area contributed by atoms with Crippen molar-refractivity contribution in [2.75, 3.05) is 6.54 Å².